The summed E-state index contributed by atoms with van der Waals surface area (Å²) < 4.78 is 0. The molecule has 0 aliphatic heterocycles. The van der Waals surface area contributed by atoms with Crippen molar-refractivity contribution in [3.63, 3.8) is 0 Å². The maximum absolute atomic E-state index is 11.7. The third kappa shape index (κ3) is 6.92. The van der Waals surface area contributed by atoms with Gasteiger partial charge in [-0.25, -0.2) is 0 Å². The molecule has 2 rings (SSSR count). The normalized spacial score (nSPS) is 10.5. The quantitative estimate of drug-likeness (QED) is 0.709. The van der Waals surface area contributed by atoms with Crippen LogP contribution in [0.25, 0.3) is 0 Å². The standard InChI is InChI=1S/C20H22N2O2/c23-19(21-17-11-5-3-6-12-17)15-9-1-2-10-16-20(24)22-18-13-7-4-8-14-18/h1-8,11-14H,9-10,15-16H2,(H,21,23)(H,22,24)/b2-1-. The van der Waals surface area contributed by atoms with Crippen molar-refractivity contribution in [1.29, 1.82) is 0 Å². The predicted octanol–water partition coefficient (Wildman–Crippen LogP) is 4.38. The molecule has 0 bridgehead atoms. The molecule has 0 radical (unpaired) electrons. The highest BCUT2D eigenvalue weighted by molar-refractivity contribution is 5.91. The number of carbonyl (C=O) groups is 2. The Bertz CT molecular complexity index is 607. The fourth-order valence-electron chi connectivity index (χ4n) is 2.15. The average molecular weight is 322 g/mol. The second kappa shape index (κ2) is 10.0. The van der Waals surface area contributed by atoms with Crippen LogP contribution in [0.2, 0.25) is 0 Å². The number of anilines is 2. The maximum Gasteiger partial charge on any atom is 0.224 e. The molecule has 0 atom stereocenters. The molecule has 2 aromatic carbocycles. The minimum absolute atomic E-state index is 0.00679. The van der Waals surface area contributed by atoms with E-state index in [1.807, 2.05) is 72.8 Å². The molecule has 4 nitrogen and oxygen atoms in total. The number of nitrogens with one attached hydrogen (secondary N) is 2. The van der Waals surface area contributed by atoms with Crippen LogP contribution < -0.4 is 10.6 Å². The summed E-state index contributed by atoms with van der Waals surface area (Å²) in [5.74, 6) is -0.0136. The zero-order chi connectivity index (χ0) is 17.0. The van der Waals surface area contributed by atoms with E-state index in [4.69, 9.17) is 0 Å². The Hall–Kier alpha value is -2.88. The van der Waals surface area contributed by atoms with Crippen LogP contribution in [0, 0.1) is 0 Å². The molecule has 124 valence electrons. The summed E-state index contributed by atoms with van der Waals surface area (Å²) in [5.41, 5.74) is 1.62. The van der Waals surface area contributed by atoms with Gasteiger partial charge in [-0.2, -0.15) is 0 Å². The van der Waals surface area contributed by atoms with E-state index in [2.05, 4.69) is 10.6 Å². The molecule has 0 aromatic heterocycles. The summed E-state index contributed by atoms with van der Waals surface area (Å²) in [6.07, 6.45) is 6.09. The van der Waals surface area contributed by atoms with Gasteiger partial charge in [0.2, 0.25) is 11.8 Å². The van der Waals surface area contributed by atoms with E-state index in [-0.39, 0.29) is 11.8 Å². The molecule has 0 heterocycles. The van der Waals surface area contributed by atoms with Gasteiger partial charge in [-0.3, -0.25) is 9.59 Å². The van der Waals surface area contributed by atoms with Gasteiger partial charge in [0.1, 0.15) is 0 Å². The van der Waals surface area contributed by atoms with E-state index in [1.165, 1.54) is 0 Å². The van der Waals surface area contributed by atoms with Crippen molar-refractivity contribution in [3.05, 3.63) is 72.8 Å². The minimum atomic E-state index is -0.00679. The molecular formula is C20H22N2O2. The van der Waals surface area contributed by atoms with Gasteiger partial charge in [0, 0.05) is 24.2 Å². The lowest BCUT2D eigenvalue weighted by Crippen LogP contribution is -2.10. The van der Waals surface area contributed by atoms with Crippen LogP contribution in [-0.2, 0) is 9.59 Å². The van der Waals surface area contributed by atoms with Gasteiger partial charge in [0.05, 0.1) is 0 Å². The topological polar surface area (TPSA) is 58.2 Å². The number of benzene rings is 2. The van der Waals surface area contributed by atoms with Crippen LogP contribution >= 0.6 is 0 Å². The van der Waals surface area contributed by atoms with Crippen molar-refractivity contribution in [2.24, 2.45) is 0 Å². The van der Waals surface area contributed by atoms with Crippen molar-refractivity contribution < 1.29 is 9.59 Å². The summed E-state index contributed by atoms with van der Waals surface area (Å²) in [4.78, 5) is 23.5. The molecule has 0 aliphatic rings. The third-order valence-corrected chi connectivity index (χ3v) is 3.36. The van der Waals surface area contributed by atoms with Gasteiger partial charge in [-0.05, 0) is 37.1 Å². The minimum Gasteiger partial charge on any atom is -0.326 e. The lowest BCUT2D eigenvalue weighted by atomic mass is 10.2. The fraction of sp³-hybridized carbons (Fsp3) is 0.200. The van der Waals surface area contributed by atoms with Gasteiger partial charge >= 0.3 is 0 Å². The first-order valence-electron chi connectivity index (χ1n) is 8.09. The molecule has 4 heteroatoms. The molecule has 0 saturated heterocycles. The second-order valence-electron chi connectivity index (χ2n) is 5.38. The number of hydrogen-bond donors (Lipinski definition) is 2. The maximum atomic E-state index is 11.7. The number of amides is 2. The molecule has 0 aliphatic carbocycles. The first-order chi connectivity index (χ1) is 11.7. The summed E-state index contributed by atoms with van der Waals surface area (Å²) in [7, 11) is 0. The van der Waals surface area contributed by atoms with Gasteiger partial charge in [-0.15, -0.1) is 0 Å². The van der Waals surface area contributed by atoms with E-state index in [0.29, 0.717) is 25.7 Å². The van der Waals surface area contributed by atoms with Gasteiger partial charge < -0.3 is 10.6 Å². The van der Waals surface area contributed by atoms with Gasteiger partial charge in [0.25, 0.3) is 0 Å². The summed E-state index contributed by atoms with van der Waals surface area (Å²) in [5, 5.41) is 5.68. The molecule has 2 amide bonds. The Kier molecular flexibility index (Phi) is 7.28. The predicted molar refractivity (Wildman–Crippen MR) is 97.8 cm³/mol. The SMILES string of the molecule is O=C(CC/C=C\CCC(=O)Nc1ccccc1)Nc1ccccc1. The lowest BCUT2D eigenvalue weighted by Gasteiger charge is -2.03. The Balaban J connectivity index is 1.57. The molecule has 0 saturated carbocycles. The van der Waals surface area contributed by atoms with E-state index in [0.717, 1.165) is 11.4 Å². The zero-order valence-corrected chi connectivity index (χ0v) is 13.6. The Morgan fingerprint density at radius 2 is 1.04 bits per heavy atom. The van der Waals surface area contributed by atoms with Crippen molar-refractivity contribution in [3.8, 4) is 0 Å². The molecule has 0 spiro atoms. The lowest BCUT2D eigenvalue weighted by molar-refractivity contribution is -0.117. The number of allylic oxidation sites excluding steroid dienone is 2. The fourth-order valence-corrected chi connectivity index (χ4v) is 2.15. The zero-order valence-electron chi connectivity index (χ0n) is 13.6. The summed E-state index contributed by atoms with van der Waals surface area (Å²) in [6.45, 7) is 0. The molecule has 24 heavy (non-hydrogen) atoms. The molecule has 2 aromatic rings. The summed E-state index contributed by atoms with van der Waals surface area (Å²) in [6, 6.07) is 18.8. The van der Waals surface area contributed by atoms with Crippen LogP contribution in [0.15, 0.2) is 72.8 Å². The van der Waals surface area contributed by atoms with E-state index >= 15 is 0 Å². The van der Waals surface area contributed by atoms with Crippen molar-refractivity contribution in [2.75, 3.05) is 10.6 Å². The van der Waals surface area contributed by atoms with Crippen LogP contribution in [-0.4, -0.2) is 11.8 Å². The van der Waals surface area contributed by atoms with E-state index in [9.17, 15) is 9.59 Å². The smallest absolute Gasteiger partial charge is 0.224 e. The van der Waals surface area contributed by atoms with Crippen LogP contribution in [0.5, 0.6) is 0 Å². The Morgan fingerprint density at radius 1 is 0.667 bits per heavy atom. The average Bonchev–Trinajstić information content (AvgIpc) is 2.60. The molecule has 0 fully saturated rings. The highest BCUT2D eigenvalue weighted by Gasteiger charge is 2.01. The number of para-hydroxylation sites is 2. The number of carbonyl (C=O) groups excluding carboxylic acids is 2. The van der Waals surface area contributed by atoms with Gasteiger partial charge in [0.15, 0.2) is 0 Å². The first kappa shape index (κ1) is 17.5. The van der Waals surface area contributed by atoms with Crippen molar-refractivity contribution >= 4 is 23.2 Å². The molecular weight excluding hydrogens is 300 g/mol. The Morgan fingerprint density at radius 3 is 1.42 bits per heavy atom. The van der Waals surface area contributed by atoms with E-state index in [1.54, 1.807) is 0 Å². The number of rotatable bonds is 8. The van der Waals surface area contributed by atoms with Crippen molar-refractivity contribution in [1.82, 2.24) is 0 Å². The first-order valence-corrected chi connectivity index (χ1v) is 8.09. The van der Waals surface area contributed by atoms with Crippen molar-refractivity contribution in [2.45, 2.75) is 25.7 Å². The number of hydrogen-bond acceptors (Lipinski definition) is 2. The molecule has 2 N–H and O–H groups in total. The van der Waals surface area contributed by atoms with Crippen LogP contribution in [0.4, 0.5) is 11.4 Å². The monoisotopic (exact) mass is 322 g/mol. The van der Waals surface area contributed by atoms with Crippen LogP contribution in [0.3, 0.4) is 0 Å². The largest absolute Gasteiger partial charge is 0.326 e. The second-order valence-corrected chi connectivity index (χ2v) is 5.38. The highest BCUT2D eigenvalue weighted by Crippen LogP contribution is 2.08. The van der Waals surface area contributed by atoms with Crippen LogP contribution in [0.1, 0.15) is 25.7 Å². The molecule has 0 unspecified atom stereocenters. The van der Waals surface area contributed by atoms with Gasteiger partial charge in [-0.1, -0.05) is 48.6 Å². The Labute approximate surface area is 142 Å². The highest BCUT2D eigenvalue weighted by atomic mass is 16.2. The van der Waals surface area contributed by atoms with E-state index < -0.39 is 0 Å². The third-order valence-electron chi connectivity index (χ3n) is 3.36. The summed E-state index contributed by atoms with van der Waals surface area (Å²) >= 11 is 0.